The van der Waals surface area contributed by atoms with Gasteiger partial charge in [-0.15, -0.1) is 35.3 Å². The maximum absolute atomic E-state index is 5.71. The van der Waals surface area contributed by atoms with Gasteiger partial charge in [0.15, 0.2) is 5.96 Å². The van der Waals surface area contributed by atoms with E-state index in [2.05, 4.69) is 65.6 Å². The molecule has 0 aliphatic rings. The summed E-state index contributed by atoms with van der Waals surface area (Å²) < 4.78 is 5.71. The fourth-order valence-corrected chi connectivity index (χ4v) is 3.50. The lowest BCUT2D eigenvalue weighted by molar-refractivity contribution is 0.136. The van der Waals surface area contributed by atoms with Crippen LogP contribution in [0.4, 0.5) is 0 Å². The zero-order valence-electron chi connectivity index (χ0n) is 17.2. The molecule has 1 aromatic heterocycles. The van der Waals surface area contributed by atoms with Crippen LogP contribution >= 0.6 is 35.3 Å². The molecule has 2 N–H and O–H groups in total. The third kappa shape index (κ3) is 9.84. The van der Waals surface area contributed by atoms with Gasteiger partial charge in [-0.2, -0.15) is 0 Å². The summed E-state index contributed by atoms with van der Waals surface area (Å²) in [6.45, 7) is 10.2. The smallest absolute Gasteiger partial charge is 0.191 e. The summed E-state index contributed by atoms with van der Waals surface area (Å²) in [5.74, 6) is 0.867. The largest absolute Gasteiger partial charge is 0.381 e. The van der Waals surface area contributed by atoms with Gasteiger partial charge in [0, 0.05) is 37.5 Å². The first kappa shape index (κ1) is 24.8. The average Bonchev–Trinajstić information content (AvgIpc) is 2.99. The number of guanidine groups is 1. The number of aromatic nitrogens is 1. The van der Waals surface area contributed by atoms with Crippen molar-refractivity contribution in [3.63, 3.8) is 0 Å². The van der Waals surface area contributed by atoms with Crippen molar-refractivity contribution < 1.29 is 4.74 Å². The van der Waals surface area contributed by atoms with Gasteiger partial charge in [0.2, 0.25) is 0 Å². The highest BCUT2D eigenvalue weighted by molar-refractivity contribution is 14.0. The Labute approximate surface area is 190 Å². The molecule has 156 valence electrons. The molecule has 0 fully saturated rings. The predicted molar refractivity (Wildman–Crippen MR) is 130 cm³/mol. The summed E-state index contributed by atoms with van der Waals surface area (Å²) in [7, 11) is 0. The van der Waals surface area contributed by atoms with E-state index >= 15 is 0 Å². The summed E-state index contributed by atoms with van der Waals surface area (Å²) >= 11 is 1.78. The highest BCUT2D eigenvalue weighted by Gasteiger charge is 2.04. The van der Waals surface area contributed by atoms with Gasteiger partial charge < -0.3 is 15.4 Å². The van der Waals surface area contributed by atoms with Crippen LogP contribution in [0.1, 0.15) is 34.5 Å². The lowest BCUT2D eigenvalue weighted by Crippen LogP contribution is -2.38. The summed E-state index contributed by atoms with van der Waals surface area (Å²) in [5, 5.41) is 7.86. The predicted octanol–water partition coefficient (Wildman–Crippen LogP) is 4.12. The quantitative estimate of drug-likeness (QED) is 0.204. The summed E-state index contributed by atoms with van der Waals surface area (Å²) in [4.78, 5) is 10.5. The summed E-state index contributed by atoms with van der Waals surface area (Å²) in [5.41, 5.74) is 2.46. The molecular weight excluding hydrogens is 483 g/mol. The van der Waals surface area contributed by atoms with Crippen molar-refractivity contribution >= 4 is 41.3 Å². The van der Waals surface area contributed by atoms with Crippen molar-refractivity contribution in [2.45, 2.75) is 40.0 Å². The molecule has 1 aromatic carbocycles. The maximum atomic E-state index is 5.71. The van der Waals surface area contributed by atoms with E-state index in [9.17, 15) is 0 Å². The summed E-state index contributed by atoms with van der Waals surface area (Å²) in [6, 6.07) is 10.4. The average molecular weight is 516 g/mol. The SMILES string of the molecule is CCNC(=NCCCOCCc1ccccc1)NCCc1nc(C)c(C)s1.I. The highest BCUT2D eigenvalue weighted by Crippen LogP contribution is 2.16. The van der Waals surface area contributed by atoms with E-state index in [4.69, 9.17) is 4.74 Å². The number of hydrogen-bond donors (Lipinski definition) is 2. The van der Waals surface area contributed by atoms with Gasteiger partial charge in [-0.3, -0.25) is 4.99 Å². The van der Waals surface area contributed by atoms with E-state index in [0.717, 1.165) is 63.8 Å². The molecule has 0 bridgehead atoms. The van der Waals surface area contributed by atoms with Crippen molar-refractivity contribution in [2.75, 3.05) is 32.8 Å². The van der Waals surface area contributed by atoms with Gasteiger partial charge in [-0.05, 0) is 39.2 Å². The van der Waals surface area contributed by atoms with Crippen molar-refractivity contribution in [3.8, 4) is 0 Å². The fraction of sp³-hybridized carbons (Fsp3) is 0.524. The van der Waals surface area contributed by atoms with Gasteiger partial charge in [0.1, 0.15) is 0 Å². The van der Waals surface area contributed by atoms with E-state index in [-0.39, 0.29) is 24.0 Å². The molecule has 2 rings (SSSR count). The maximum Gasteiger partial charge on any atom is 0.191 e. The molecule has 2 aromatic rings. The Bertz CT molecular complexity index is 671. The normalized spacial score (nSPS) is 11.2. The second-order valence-electron chi connectivity index (χ2n) is 6.39. The lowest BCUT2D eigenvalue weighted by Gasteiger charge is -2.10. The topological polar surface area (TPSA) is 58.5 Å². The first-order valence-electron chi connectivity index (χ1n) is 9.75. The van der Waals surface area contributed by atoms with Crippen LogP contribution in [0.3, 0.4) is 0 Å². The van der Waals surface area contributed by atoms with Crippen LogP contribution in [0, 0.1) is 13.8 Å². The van der Waals surface area contributed by atoms with Crippen LogP contribution in [0.15, 0.2) is 35.3 Å². The second kappa shape index (κ2) is 14.8. The first-order chi connectivity index (χ1) is 13.2. The Hall–Kier alpha value is -1.19. The number of ether oxygens (including phenoxy) is 1. The van der Waals surface area contributed by atoms with E-state index in [1.54, 1.807) is 11.3 Å². The number of benzene rings is 1. The van der Waals surface area contributed by atoms with Crippen LogP contribution in [-0.2, 0) is 17.6 Å². The van der Waals surface area contributed by atoms with Crippen molar-refractivity contribution in [1.29, 1.82) is 0 Å². The molecule has 0 unspecified atom stereocenters. The molecule has 0 aliphatic carbocycles. The summed E-state index contributed by atoms with van der Waals surface area (Å²) in [6.07, 6.45) is 2.81. The van der Waals surface area contributed by atoms with Crippen LogP contribution in [-0.4, -0.2) is 43.8 Å². The van der Waals surface area contributed by atoms with E-state index in [0.29, 0.717) is 0 Å². The van der Waals surface area contributed by atoms with Crippen LogP contribution in [0.5, 0.6) is 0 Å². The van der Waals surface area contributed by atoms with Crippen molar-refractivity contribution in [2.24, 2.45) is 4.99 Å². The number of nitrogens with zero attached hydrogens (tertiary/aromatic N) is 2. The zero-order chi connectivity index (χ0) is 19.3. The third-order valence-corrected chi connectivity index (χ3v) is 5.28. The second-order valence-corrected chi connectivity index (χ2v) is 7.68. The number of rotatable bonds is 11. The minimum absolute atomic E-state index is 0. The number of aliphatic imine (C=N–C) groups is 1. The number of nitrogens with one attached hydrogen (secondary N) is 2. The monoisotopic (exact) mass is 516 g/mol. The van der Waals surface area contributed by atoms with Gasteiger partial charge in [0.05, 0.1) is 17.3 Å². The Kier molecular flexibility index (Phi) is 13.1. The highest BCUT2D eigenvalue weighted by atomic mass is 127. The minimum atomic E-state index is 0. The molecule has 0 amide bonds. The van der Waals surface area contributed by atoms with E-state index in [1.807, 2.05) is 6.07 Å². The van der Waals surface area contributed by atoms with Crippen LogP contribution in [0.2, 0.25) is 0 Å². The number of thiazole rings is 1. The Morgan fingerprint density at radius 2 is 1.89 bits per heavy atom. The van der Waals surface area contributed by atoms with Gasteiger partial charge in [-0.1, -0.05) is 30.3 Å². The van der Waals surface area contributed by atoms with Crippen molar-refractivity contribution in [3.05, 3.63) is 51.5 Å². The molecule has 0 atom stereocenters. The van der Waals surface area contributed by atoms with E-state index in [1.165, 1.54) is 15.4 Å². The molecule has 0 saturated carbocycles. The molecular formula is C21H33IN4OS. The Balaban J connectivity index is 0.00000392. The van der Waals surface area contributed by atoms with E-state index < -0.39 is 0 Å². The van der Waals surface area contributed by atoms with Crippen LogP contribution in [0.25, 0.3) is 0 Å². The number of hydrogen-bond acceptors (Lipinski definition) is 4. The number of aryl methyl sites for hydroxylation is 2. The zero-order valence-corrected chi connectivity index (χ0v) is 20.3. The molecule has 7 heteroatoms. The molecule has 28 heavy (non-hydrogen) atoms. The minimum Gasteiger partial charge on any atom is -0.381 e. The third-order valence-electron chi connectivity index (χ3n) is 4.14. The molecule has 5 nitrogen and oxygen atoms in total. The van der Waals surface area contributed by atoms with Gasteiger partial charge in [-0.25, -0.2) is 4.98 Å². The standard InChI is InChI=1S/C21H32N4OS.HI/c1-4-22-21(24-14-11-20-25-17(2)18(3)27-20)23-13-8-15-26-16-12-19-9-6-5-7-10-19;/h5-7,9-10H,4,8,11-16H2,1-3H3,(H2,22,23,24);1H. The Morgan fingerprint density at radius 1 is 1.11 bits per heavy atom. The van der Waals surface area contributed by atoms with Gasteiger partial charge >= 0.3 is 0 Å². The Morgan fingerprint density at radius 3 is 2.57 bits per heavy atom. The molecule has 0 spiro atoms. The number of halogens is 1. The molecule has 0 saturated heterocycles. The van der Waals surface area contributed by atoms with Crippen molar-refractivity contribution in [1.82, 2.24) is 15.6 Å². The molecule has 0 radical (unpaired) electrons. The van der Waals surface area contributed by atoms with Crippen LogP contribution < -0.4 is 10.6 Å². The fourth-order valence-electron chi connectivity index (χ4n) is 2.57. The molecule has 1 heterocycles. The lowest BCUT2D eigenvalue weighted by atomic mass is 10.2. The first-order valence-corrected chi connectivity index (χ1v) is 10.6. The molecule has 0 aliphatic heterocycles. The van der Waals surface area contributed by atoms with Gasteiger partial charge in [0.25, 0.3) is 0 Å².